The molecule has 0 bridgehead atoms. The van der Waals surface area contributed by atoms with E-state index < -0.39 is 0 Å². The normalized spacial score (nSPS) is 17.3. The Labute approximate surface area is 55.4 Å². The van der Waals surface area contributed by atoms with E-state index in [-0.39, 0.29) is 12.2 Å². The lowest BCUT2D eigenvalue weighted by Crippen LogP contribution is -2.43. The van der Waals surface area contributed by atoms with Gasteiger partial charge in [0, 0.05) is 12.1 Å². The number of halogens is 1. The fourth-order valence-electron chi connectivity index (χ4n) is 0.573. The van der Waals surface area contributed by atoms with Crippen molar-refractivity contribution >= 4 is 0 Å². The molecule has 0 rings (SSSR count). The van der Waals surface area contributed by atoms with Crippen molar-refractivity contribution < 1.29 is 4.39 Å². The fraction of sp³-hybridized carbons (Fsp3) is 1.00. The minimum atomic E-state index is -0.369. The molecular weight excluding hydrogens is 119 g/mol. The van der Waals surface area contributed by atoms with Crippen LogP contribution in [0.1, 0.15) is 19.8 Å². The predicted octanol–water partition coefficient (Wildman–Crippen LogP) is 0.412. The molecule has 4 N–H and O–H groups in total. The zero-order valence-electron chi connectivity index (χ0n) is 5.86. The van der Waals surface area contributed by atoms with Crippen molar-refractivity contribution in [2.24, 2.45) is 11.5 Å². The molecule has 1 atom stereocenters. The summed E-state index contributed by atoms with van der Waals surface area (Å²) in [6.07, 6.45) is 1.18. The molecule has 3 heteroatoms. The maximum atomic E-state index is 11.6. The molecule has 0 saturated carbocycles. The van der Waals surface area contributed by atoms with Gasteiger partial charge in [0.05, 0.1) is 6.67 Å². The smallest absolute Gasteiger partial charge is 0.0895 e. The molecular formula is C6H15FN2. The molecule has 0 aromatic rings. The zero-order valence-corrected chi connectivity index (χ0v) is 5.86. The van der Waals surface area contributed by atoms with Crippen LogP contribution in [0, 0.1) is 0 Å². The second-order valence-electron chi connectivity index (χ2n) is 2.65. The molecule has 0 radical (unpaired) electrons. The third-order valence-corrected chi connectivity index (χ3v) is 1.35. The SMILES string of the molecule is CC(N)(CN)CCCF. The summed E-state index contributed by atoms with van der Waals surface area (Å²) in [6, 6.07) is 0. The average Bonchev–Trinajstić information content (AvgIpc) is 1.84. The van der Waals surface area contributed by atoms with Crippen LogP contribution < -0.4 is 11.5 Å². The molecule has 0 aliphatic rings. The molecule has 56 valence electrons. The predicted molar refractivity (Wildman–Crippen MR) is 36.9 cm³/mol. The third-order valence-electron chi connectivity index (χ3n) is 1.35. The molecule has 0 saturated heterocycles. The summed E-state index contributed by atoms with van der Waals surface area (Å²) >= 11 is 0. The van der Waals surface area contributed by atoms with Gasteiger partial charge in [0.2, 0.25) is 0 Å². The summed E-state index contributed by atoms with van der Waals surface area (Å²) in [7, 11) is 0. The first-order chi connectivity index (χ1) is 4.12. The minimum absolute atomic E-state index is 0.299. The van der Waals surface area contributed by atoms with E-state index in [2.05, 4.69) is 0 Å². The van der Waals surface area contributed by atoms with Crippen molar-refractivity contribution in [3.8, 4) is 0 Å². The Morgan fingerprint density at radius 2 is 2.11 bits per heavy atom. The van der Waals surface area contributed by atoms with Gasteiger partial charge in [-0.25, -0.2) is 0 Å². The average molecular weight is 134 g/mol. The van der Waals surface area contributed by atoms with Crippen LogP contribution in [0.5, 0.6) is 0 Å². The summed E-state index contributed by atoms with van der Waals surface area (Å²) in [6.45, 7) is 1.96. The molecule has 0 aliphatic heterocycles. The van der Waals surface area contributed by atoms with E-state index in [1.165, 1.54) is 0 Å². The number of rotatable bonds is 4. The van der Waals surface area contributed by atoms with E-state index in [0.29, 0.717) is 19.4 Å². The maximum absolute atomic E-state index is 11.6. The Hall–Kier alpha value is -0.150. The Morgan fingerprint density at radius 1 is 1.56 bits per heavy atom. The van der Waals surface area contributed by atoms with Crippen LogP contribution in [0.4, 0.5) is 4.39 Å². The molecule has 1 unspecified atom stereocenters. The van der Waals surface area contributed by atoms with Crippen LogP contribution in [0.15, 0.2) is 0 Å². The van der Waals surface area contributed by atoms with Crippen LogP contribution in [0.25, 0.3) is 0 Å². The van der Waals surface area contributed by atoms with E-state index in [0.717, 1.165) is 0 Å². The Balaban J connectivity index is 3.33. The van der Waals surface area contributed by atoms with Crippen molar-refractivity contribution in [1.29, 1.82) is 0 Å². The van der Waals surface area contributed by atoms with Gasteiger partial charge in [-0.15, -0.1) is 0 Å². The van der Waals surface area contributed by atoms with Crippen LogP contribution in [-0.4, -0.2) is 18.8 Å². The lowest BCUT2D eigenvalue weighted by molar-refractivity contribution is 0.380. The first-order valence-electron chi connectivity index (χ1n) is 3.17. The number of hydrogen-bond donors (Lipinski definition) is 2. The van der Waals surface area contributed by atoms with Gasteiger partial charge in [0.1, 0.15) is 0 Å². The second kappa shape index (κ2) is 3.80. The molecule has 9 heavy (non-hydrogen) atoms. The van der Waals surface area contributed by atoms with E-state index in [9.17, 15) is 4.39 Å². The van der Waals surface area contributed by atoms with E-state index in [1.807, 2.05) is 6.92 Å². The summed E-state index contributed by atoms with van der Waals surface area (Å²) in [5.74, 6) is 0. The molecule has 0 amide bonds. The Kier molecular flexibility index (Phi) is 3.73. The Bertz CT molecular complexity index is 73.5. The minimum Gasteiger partial charge on any atom is -0.329 e. The molecule has 0 fully saturated rings. The van der Waals surface area contributed by atoms with Crippen LogP contribution >= 0.6 is 0 Å². The van der Waals surface area contributed by atoms with Gasteiger partial charge < -0.3 is 11.5 Å². The van der Waals surface area contributed by atoms with Crippen LogP contribution in [0.2, 0.25) is 0 Å². The van der Waals surface area contributed by atoms with E-state index >= 15 is 0 Å². The maximum Gasteiger partial charge on any atom is 0.0895 e. The molecule has 0 heterocycles. The van der Waals surface area contributed by atoms with Gasteiger partial charge in [-0.05, 0) is 19.8 Å². The second-order valence-corrected chi connectivity index (χ2v) is 2.65. The molecule has 0 aromatic carbocycles. The Morgan fingerprint density at radius 3 is 2.44 bits per heavy atom. The summed E-state index contributed by atoms with van der Waals surface area (Å²) in [5, 5.41) is 0. The molecule has 0 spiro atoms. The molecule has 0 aromatic heterocycles. The quantitative estimate of drug-likeness (QED) is 0.585. The van der Waals surface area contributed by atoms with E-state index in [4.69, 9.17) is 11.5 Å². The summed E-state index contributed by atoms with van der Waals surface area (Å²) in [4.78, 5) is 0. The van der Waals surface area contributed by atoms with Crippen molar-refractivity contribution in [3.05, 3.63) is 0 Å². The van der Waals surface area contributed by atoms with Gasteiger partial charge in [0.15, 0.2) is 0 Å². The largest absolute Gasteiger partial charge is 0.329 e. The highest BCUT2D eigenvalue weighted by Gasteiger charge is 2.14. The molecule has 2 nitrogen and oxygen atoms in total. The fourth-order valence-corrected chi connectivity index (χ4v) is 0.573. The van der Waals surface area contributed by atoms with Crippen LogP contribution in [0.3, 0.4) is 0 Å². The van der Waals surface area contributed by atoms with Gasteiger partial charge in [-0.2, -0.15) is 0 Å². The van der Waals surface area contributed by atoms with Crippen molar-refractivity contribution in [1.82, 2.24) is 0 Å². The topological polar surface area (TPSA) is 52.0 Å². The highest BCUT2D eigenvalue weighted by atomic mass is 19.1. The van der Waals surface area contributed by atoms with E-state index in [1.54, 1.807) is 0 Å². The molecule has 0 aliphatic carbocycles. The van der Waals surface area contributed by atoms with Crippen LogP contribution in [-0.2, 0) is 0 Å². The first kappa shape index (κ1) is 8.85. The van der Waals surface area contributed by atoms with Crippen molar-refractivity contribution in [2.75, 3.05) is 13.2 Å². The number of alkyl halides is 1. The number of nitrogens with two attached hydrogens (primary N) is 2. The highest BCUT2D eigenvalue weighted by molar-refractivity contribution is 4.78. The van der Waals surface area contributed by atoms with Gasteiger partial charge in [-0.1, -0.05) is 0 Å². The third kappa shape index (κ3) is 4.36. The van der Waals surface area contributed by atoms with Gasteiger partial charge in [0.25, 0.3) is 0 Å². The first-order valence-corrected chi connectivity index (χ1v) is 3.17. The number of hydrogen-bond acceptors (Lipinski definition) is 2. The van der Waals surface area contributed by atoms with Crippen molar-refractivity contribution in [2.45, 2.75) is 25.3 Å². The van der Waals surface area contributed by atoms with Gasteiger partial charge >= 0.3 is 0 Å². The zero-order chi connectivity index (χ0) is 7.33. The van der Waals surface area contributed by atoms with Crippen molar-refractivity contribution in [3.63, 3.8) is 0 Å². The summed E-state index contributed by atoms with van der Waals surface area (Å²) < 4.78 is 11.6. The lowest BCUT2D eigenvalue weighted by Gasteiger charge is -2.20. The summed E-state index contributed by atoms with van der Waals surface area (Å²) in [5.41, 5.74) is 10.5. The monoisotopic (exact) mass is 134 g/mol. The lowest BCUT2D eigenvalue weighted by atomic mass is 9.98. The van der Waals surface area contributed by atoms with Gasteiger partial charge in [-0.3, -0.25) is 4.39 Å². The highest BCUT2D eigenvalue weighted by Crippen LogP contribution is 2.05. The standard InChI is InChI=1S/C6H15FN2/c1-6(9,5-8)3-2-4-7/h2-5,8-9H2,1H3.